The third kappa shape index (κ3) is 4.81. The first kappa shape index (κ1) is 21.0. The lowest BCUT2D eigenvalue weighted by Crippen LogP contribution is -2.04. The summed E-state index contributed by atoms with van der Waals surface area (Å²) >= 11 is 0. The molecule has 3 aromatic carbocycles. The highest BCUT2D eigenvalue weighted by Crippen LogP contribution is 2.33. The van der Waals surface area contributed by atoms with Gasteiger partial charge in [0.2, 0.25) is 0 Å². The van der Waals surface area contributed by atoms with E-state index in [1.807, 2.05) is 54.6 Å². The molecule has 0 fully saturated rings. The zero-order valence-electron chi connectivity index (χ0n) is 17.2. The lowest BCUT2D eigenvalue weighted by Gasteiger charge is -2.13. The number of hydrogen-bond acceptors (Lipinski definition) is 4. The predicted molar refractivity (Wildman–Crippen MR) is 117 cm³/mol. The minimum atomic E-state index is -1.00. The van der Waals surface area contributed by atoms with Crippen molar-refractivity contribution in [1.29, 1.82) is 0 Å². The van der Waals surface area contributed by atoms with Gasteiger partial charge >= 0.3 is 5.97 Å². The molecule has 0 aliphatic rings. The first-order valence-electron chi connectivity index (χ1n) is 9.47. The maximum atomic E-state index is 12.0. The van der Waals surface area contributed by atoms with E-state index in [1.165, 1.54) is 7.11 Å². The highest BCUT2D eigenvalue weighted by molar-refractivity contribution is 6.23. The minimum Gasteiger partial charge on any atom is -0.493 e. The van der Waals surface area contributed by atoms with Crippen LogP contribution in [0, 0.1) is 0 Å². The number of methoxy groups -OCH3 is 2. The van der Waals surface area contributed by atoms with Crippen molar-refractivity contribution in [3.8, 4) is 17.2 Å². The lowest BCUT2D eigenvalue weighted by molar-refractivity contribution is -0.130. The van der Waals surface area contributed by atoms with E-state index < -0.39 is 5.97 Å². The number of aliphatic carboxylic acids is 1. The van der Waals surface area contributed by atoms with Crippen LogP contribution in [0.3, 0.4) is 0 Å². The van der Waals surface area contributed by atoms with Gasteiger partial charge in [-0.05, 0) is 53.5 Å². The zero-order valence-corrected chi connectivity index (χ0v) is 17.2. The van der Waals surface area contributed by atoms with Crippen LogP contribution in [0.4, 0.5) is 0 Å². The van der Waals surface area contributed by atoms with Crippen molar-refractivity contribution >= 4 is 17.1 Å². The van der Waals surface area contributed by atoms with Gasteiger partial charge < -0.3 is 19.3 Å². The van der Waals surface area contributed by atoms with Crippen molar-refractivity contribution in [2.75, 3.05) is 14.2 Å². The summed E-state index contributed by atoms with van der Waals surface area (Å²) in [5.41, 5.74) is 3.24. The molecule has 0 saturated carbocycles. The summed E-state index contributed by atoms with van der Waals surface area (Å²) in [4.78, 5) is 12.0. The molecule has 3 aromatic rings. The predicted octanol–water partition coefficient (Wildman–Crippen LogP) is 5.30. The van der Waals surface area contributed by atoms with Gasteiger partial charge in [-0.25, -0.2) is 4.79 Å². The van der Waals surface area contributed by atoms with E-state index >= 15 is 0 Å². The fraction of sp³-hybridized carbons (Fsp3) is 0.160. The van der Waals surface area contributed by atoms with Crippen molar-refractivity contribution < 1.29 is 24.1 Å². The van der Waals surface area contributed by atoms with Crippen LogP contribution in [0.1, 0.15) is 23.6 Å². The standard InChI is InChI=1S/C25H24O5/c1-17(24(25(26)27)20-13-14-22(28-2)23(15-20)29-3)19-11-9-18(10-12-19)16-30-21-7-5-4-6-8-21/h4-15H,16H2,1-3H3,(H,26,27)/b24-17+. The number of hydrogen-bond donors (Lipinski definition) is 1. The first-order chi connectivity index (χ1) is 14.5. The van der Waals surface area contributed by atoms with Crippen LogP contribution in [-0.4, -0.2) is 25.3 Å². The molecular formula is C25H24O5. The van der Waals surface area contributed by atoms with Crippen LogP contribution in [0.5, 0.6) is 17.2 Å². The lowest BCUT2D eigenvalue weighted by atomic mass is 9.95. The van der Waals surface area contributed by atoms with E-state index in [0.29, 0.717) is 29.2 Å². The van der Waals surface area contributed by atoms with Crippen LogP contribution in [0.2, 0.25) is 0 Å². The second-order valence-electron chi connectivity index (χ2n) is 6.67. The second kappa shape index (κ2) is 9.65. The van der Waals surface area contributed by atoms with E-state index in [1.54, 1.807) is 32.2 Å². The molecule has 5 nitrogen and oxygen atoms in total. The number of carboxylic acids is 1. The van der Waals surface area contributed by atoms with Crippen LogP contribution < -0.4 is 14.2 Å². The Morgan fingerprint density at radius 3 is 2.07 bits per heavy atom. The normalized spacial score (nSPS) is 11.4. The van der Waals surface area contributed by atoms with Gasteiger partial charge in [0.25, 0.3) is 0 Å². The monoisotopic (exact) mass is 404 g/mol. The Labute approximate surface area is 176 Å². The topological polar surface area (TPSA) is 65.0 Å². The van der Waals surface area contributed by atoms with Gasteiger partial charge in [-0.3, -0.25) is 0 Å². The molecule has 0 radical (unpaired) electrons. The Bertz CT molecular complexity index is 1040. The quantitative estimate of drug-likeness (QED) is 0.408. The molecule has 0 aliphatic carbocycles. The van der Waals surface area contributed by atoms with Crippen LogP contribution >= 0.6 is 0 Å². The van der Waals surface area contributed by atoms with Crippen LogP contribution in [0.15, 0.2) is 72.8 Å². The Hall–Kier alpha value is -3.73. The fourth-order valence-corrected chi connectivity index (χ4v) is 3.17. The highest BCUT2D eigenvalue weighted by Gasteiger charge is 2.17. The SMILES string of the molecule is COc1ccc(/C(C(=O)O)=C(/C)c2ccc(COc3ccccc3)cc2)cc1OC. The van der Waals surface area contributed by atoms with E-state index in [-0.39, 0.29) is 5.57 Å². The number of rotatable bonds is 8. The Morgan fingerprint density at radius 1 is 0.833 bits per heavy atom. The fourth-order valence-electron chi connectivity index (χ4n) is 3.17. The van der Waals surface area contributed by atoms with Crippen molar-refractivity contribution in [2.45, 2.75) is 13.5 Å². The van der Waals surface area contributed by atoms with Gasteiger partial charge in [0.1, 0.15) is 12.4 Å². The molecule has 0 amide bonds. The van der Waals surface area contributed by atoms with Crippen molar-refractivity contribution in [1.82, 2.24) is 0 Å². The smallest absolute Gasteiger partial charge is 0.336 e. The van der Waals surface area contributed by atoms with Gasteiger partial charge in [0.15, 0.2) is 11.5 Å². The molecule has 5 heteroatoms. The molecule has 0 atom stereocenters. The van der Waals surface area contributed by atoms with Crippen LogP contribution in [0.25, 0.3) is 11.1 Å². The van der Waals surface area contributed by atoms with Gasteiger partial charge in [-0.1, -0.05) is 48.5 Å². The number of benzene rings is 3. The van der Waals surface area contributed by atoms with Crippen LogP contribution in [-0.2, 0) is 11.4 Å². The molecule has 30 heavy (non-hydrogen) atoms. The van der Waals surface area contributed by atoms with Crippen molar-refractivity contribution in [3.05, 3.63) is 89.5 Å². The Morgan fingerprint density at radius 2 is 1.47 bits per heavy atom. The third-order valence-electron chi connectivity index (χ3n) is 4.80. The van der Waals surface area contributed by atoms with Crippen molar-refractivity contribution in [3.63, 3.8) is 0 Å². The number of carboxylic acid groups (broad SMARTS) is 1. The van der Waals surface area contributed by atoms with E-state index in [2.05, 4.69) is 0 Å². The summed E-state index contributed by atoms with van der Waals surface area (Å²) in [6.07, 6.45) is 0. The van der Waals surface area contributed by atoms with Crippen molar-refractivity contribution in [2.24, 2.45) is 0 Å². The first-order valence-corrected chi connectivity index (χ1v) is 9.47. The Kier molecular flexibility index (Phi) is 6.75. The molecular weight excluding hydrogens is 380 g/mol. The average molecular weight is 404 g/mol. The van der Waals surface area contributed by atoms with Gasteiger partial charge in [0, 0.05) is 0 Å². The highest BCUT2D eigenvalue weighted by atomic mass is 16.5. The molecule has 0 saturated heterocycles. The minimum absolute atomic E-state index is 0.212. The van der Waals surface area contributed by atoms with E-state index in [0.717, 1.165) is 16.9 Å². The van der Waals surface area contributed by atoms with Gasteiger partial charge in [0.05, 0.1) is 19.8 Å². The molecule has 0 aliphatic heterocycles. The Balaban J connectivity index is 1.87. The number of carbonyl (C=O) groups is 1. The van der Waals surface area contributed by atoms with Gasteiger partial charge in [-0.15, -0.1) is 0 Å². The van der Waals surface area contributed by atoms with E-state index in [9.17, 15) is 9.90 Å². The number of allylic oxidation sites excluding steroid dienone is 1. The maximum Gasteiger partial charge on any atom is 0.336 e. The zero-order chi connectivity index (χ0) is 21.5. The van der Waals surface area contributed by atoms with Gasteiger partial charge in [-0.2, -0.15) is 0 Å². The number of para-hydroxylation sites is 1. The summed E-state index contributed by atoms with van der Waals surface area (Å²) in [7, 11) is 3.06. The third-order valence-corrected chi connectivity index (χ3v) is 4.80. The summed E-state index contributed by atoms with van der Waals surface area (Å²) in [5.74, 6) is 0.830. The van der Waals surface area contributed by atoms with E-state index in [4.69, 9.17) is 14.2 Å². The summed E-state index contributed by atoms with van der Waals surface area (Å²) in [6.45, 7) is 2.24. The molecule has 0 spiro atoms. The second-order valence-corrected chi connectivity index (χ2v) is 6.67. The molecule has 3 rings (SSSR count). The molecule has 0 heterocycles. The average Bonchev–Trinajstić information content (AvgIpc) is 2.78. The largest absolute Gasteiger partial charge is 0.493 e. The summed E-state index contributed by atoms with van der Waals surface area (Å²) < 4.78 is 16.3. The molecule has 0 bridgehead atoms. The molecule has 0 unspecified atom stereocenters. The number of ether oxygens (including phenoxy) is 3. The molecule has 1 N–H and O–H groups in total. The summed E-state index contributed by atoms with van der Waals surface area (Å²) in [6, 6.07) is 22.4. The molecule has 0 aromatic heterocycles. The maximum absolute atomic E-state index is 12.0. The molecule has 154 valence electrons. The summed E-state index contributed by atoms with van der Waals surface area (Å²) in [5, 5.41) is 9.86.